The quantitative estimate of drug-likeness (QED) is 0.316. The number of aryl methyl sites for hydroxylation is 2. The highest BCUT2D eigenvalue weighted by atomic mass is 17.0. The van der Waals surface area contributed by atoms with Crippen molar-refractivity contribution in [3.05, 3.63) is 37.3 Å². The molecule has 2 aliphatic heterocycles. The smallest absolute Gasteiger partial charge is 0.332 e. The third-order valence-corrected chi connectivity index (χ3v) is 5.43. The van der Waals surface area contributed by atoms with Crippen molar-refractivity contribution in [3.8, 4) is 0 Å². The maximum Gasteiger partial charge on any atom is 0.332 e. The van der Waals surface area contributed by atoms with Crippen molar-refractivity contribution < 1.29 is 19.4 Å². The maximum absolute atomic E-state index is 12.4. The Morgan fingerprint density at radius 1 is 1.28 bits per heavy atom. The van der Waals surface area contributed by atoms with Crippen LogP contribution in [0.3, 0.4) is 0 Å². The highest BCUT2D eigenvalue weighted by molar-refractivity contribution is 5.69. The molecule has 0 saturated carbocycles. The fraction of sp³-hybridized carbons (Fsp3) is 0.688. The summed E-state index contributed by atoms with van der Waals surface area (Å²) >= 11 is 0. The molecule has 2 aromatic rings. The number of ether oxygens (including phenoxy) is 2. The average Bonchev–Trinajstić information content (AvgIpc) is 3.38. The fourth-order valence-electron chi connectivity index (χ4n) is 3.94. The number of hydrogen-bond donors (Lipinski definition) is 1. The molecule has 4 atom stereocenters. The van der Waals surface area contributed by atoms with Crippen molar-refractivity contribution in [2.45, 2.75) is 37.3 Å². The summed E-state index contributed by atoms with van der Waals surface area (Å²) in [5.74, 6) is 0. The first-order chi connectivity index (χ1) is 13.9. The lowest BCUT2D eigenvalue weighted by Gasteiger charge is -2.17. The molecule has 4 heterocycles. The van der Waals surface area contributed by atoms with Gasteiger partial charge in [-0.3, -0.25) is 13.9 Å². The molecule has 158 valence electrons. The minimum absolute atomic E-state index is 0.0893. The Morgan fingerprint density at radius 2 is 2.03 bits per heavy atom. The van der Waals surface area contributed by atoms with Gasteiger partial charge in [-0.25, -0.2) is 9.78 Å². The highest BCUT2D eigenvalue weighted by Crippen LogP contribution is 2.28. The minimum atomic E-state index is -0.823. The van der Waals surface area contributed by atoms with Gasteiger partial charge in [0.25, 0.3) is 10.6 Å². The standard InChI is InChI=1S/C16H22N6O7/c1-19-14-11(15(23)20(2)16(19)24)21(8-18-14)5-3-4-17-9-6-27-13-10(29-22(25)26)7-28-12(9)13/h8-10,12-13,17H,3-7H2,1-2H3/t9-,10+,12+,13+/m1/s1. The summed E-state index contributed by atoms with van der Waals surface area (Å²) in [4.78, 5) is 43.8. The van der Waals surface area contributed by atoms with Gasteiger partial charge in [-0.05, 0) is 13.0 Å². The molecule has 0 unspecified atom stereocenters. The molecular weight excluding hydrogens is 388 g/mol. The molecule has 0 aliphatic carbocycles. The lowest BCUT2D eigenvalue weighted by Crippen LogP contribution is -2.42. The van der Waals surface area contributed by atoms with Gasteiger partial charge in [-0.2, -0.15) is 0 Å². The topological polar surface area (TPSA) is 145 Å². The first kappa shape index (κ1) is 19.5. The van der Waals surface area contributed by atoms with Crippen molar-refractivity contribution in [3.63, 3.8) is 0 Å². The average molecular weight is 410 g/mol. The predicted molar refractivity (Wildman–Crippen MR) is 98.0 cm³/mol. The van der Waals surface area contributed by atoms with Crippen LogP contribution in [-0.4, -0.2) is 67.9 Å². The van der Waals surface area contributed by atoms with Crippen molar-refractivity contribution in [2.75, 3.05) is 19.8 Å². The Balaban J connectivity index is 1.35. The van der Waals surface area contributed by atoms with Crippen LogP contribution in [0.4, 0.5) is 0 Å². The SMILES string of the molecule is Cn1c(=O)c2c(ncn2CCCN[C@@H]2CO[C@@H]3[C@H]2OC[C@@H]3O[N+](=O)[O-])n(C)c1=O. The summed E-state index contributed by atoms with van der Waals surface area (Å²) in [6, 6.07) is -0.0893. The van der Waals surface area contributed by atoms with Gasteiger partial charge in [0.05, 0.1) is 25.6 Å². The summed E-state index contributed by atoms with van der Waals surface area (Å²) in [6.07, 6.45) is 0.789. The lowest BCUT2D eigenvalue weighted by molar-refractivity contribution is -0.769. The van der Waals surface area contributed by atoms with Gasteiger partial charge in [-0.1, -0.05) is 0 Å². The maximum atomic E-state index is 12.4. The number of aromatic nitrogens is 4. The molecule has 2 saturated heterocycles. The van der Waals surface area contributed by atoms with E-state index < -0.39 is 23.0 Å². The van der Waals surface area contributed by atoms with Crippen LogP contribution in [0.1, 0.15) is 6.42 Å². The van der Waals surface area contributed by atoms with Gasteiger partial charge in [-0.15, -0.1) is 10.1 Å². The van der Waals surface area contributed by atoms with Gasteiger partial charge in [0.2, 0.25) is 0 Å². The Morgan fingerprint density at radius 3 is 2.79 bits per heavy atom. The van der Waals surface area contributed by atoms with Crippen molar-refractivity contribution >= 4 is 11.2 Å². The first-order valence-electron chi connectivity index (χ1n) is 9.27. The van der Waals surface area contributed by atoms with E-state index in [9.17, 15) is 19.7 Å². The lowest BCUT2D eigenvalue weighted by atomic mass is 10.1. The fourth-order valence-corrected chi connectivity index (χ4v) is 3.94. The van der Waals surface area contributed by atoms with Crippen LogP contribution in [-0.2, 0) is 35.0 Å². The molecule has 2 aliphatic rings. The van der Waals surface area contributed by atoms with E-state index in [0.717, 1.165) is 4.57 Å². The van der Waals surface area contributed by atoms with Crippen molar-refractivity contribution in [1.82, 2.24) is 24.0 Å². The summed E-state index contributed by atoms with van der Waals surface area (Å²) in [6.45, 7) is 1.65. The second kappa shape index (κ2) is 7.57. The van der Waals surface area contributed by atoms with Crippen LogP contribution in [0.5, 0.6) is 0 Å². The van der Waals surface area contributed by atoms with Gasteiger partial charge in [0.1, 0.15) is 12.2 Å². The number of hydrogen-bond acceptors (Lipinski definition) is 9. The van der Waals surface area contributed by atoms with Crippen LogP contribution in [0.15, 0.2) is 15.9 Å². The van der Waals surface area contributed by atoms with Crippen molar-refractivity contribution in [1.29, 1.82) is 0 Å². The number of nitrogens with zero attached hydrogens (tertiary/aromatic N) is 5. The highest BCUT2D eigenvalue weighted by Gasteiger charge is 2.49. The molecule has 4 rings (SSSR count). The number of fused-ring (bicyclic) bond motifs is 2. The predicted octanol–water partition coefficient (Wildman–Crippen LogP) is -1.84. The van der Waals surface area contributed by atoms with E-state index in [-0.39, 0.29) is 24.3 Å². The number of rotatable bonds is 7. The molecule has 0 bridgehead atoms. The van der Waals surface area contributed by atoms with E-state index in [1.54, 1.807) is 17.9 Å². The Labute approximate surface area is 163 Å². The van der Waals surface area contributed by atoms with E-state index >= 15 is 0 Å². The zero-order valence-electron chi connectivity index (χ0n) is 16.0. The molecule has 1 N–H and O–H groups in total. The van der Waals surface area contributed by atoms with Gasteiger partial charge in [0.15, 0.2) is 17.3 Å². The van der Waals surface area contributed by atoms with Gasteiger partial charge >= 0.3 is 5.69 Å². The van der Waals surface area contributed by atoms with Crippen LogP contribution in [0.2, 0.25) is 0 Å². The van der Waals surface area contributed by atoms with Gasteiger partial charge in [0, 0.05) is 20.6 Å². The third-order valence-electron chi connectivity index (χ3n) is 5.43. The summed E-state index contributed by atoms with van der Waals surface area (Å²) in [5, 5.41) is 13.0. The van der Waals surface area contributed by atoms with Crippen LogP contribution < -0.4 is 16.6 Å². The molecule has 13 nitrogen and oxygen atoms in total. The van der Waals surface area contributed by atoms with E-state index in [1.165, 1.54) is 11.6 Å². The summed E-state index contributed by atoms with van der Waals surface area (Å²) < 4.78 is 15.4. The molecular formula is C16H22N6O7. The molecule has 13 heteroatoms. The van der Waals surface area contributed by atoms with E-state index in [1.807, 2.05) is 0 Å². The largest absolute Gasteiger partial charge is 0.371 e. The monoisotopic (exact) mass is 410 g/mol. The molecule has 0 radical (unpaired) electrons. The second-order valence-electron chi connectivity index (χ2n) is 7.19. The zero-order chi connectivity index (χ0) is 20.7. The van der Waals surface area contributed by atoms with Crippen molar-refractivity contribution in [2.24, 2.45) is 14.1 Å². The summed E-state index contributed by atoms with van der Waals surface area (Å²) in [7, 11) is 3.02. The van der Waals surface area contributed by atoms with Gasteiger partial charge < -0.3 is 24.2 Å². The van der Waals surface area contributed by atoms with Crippen LogP contribution in [0, 0.1) is 10.1 Å². The molecule has 0 spiro atoms. The molecule has 0 aromatic carbocycles. The Kier molecular flexibility index (Phi) is 5.10. The molecule has 2 aromatic heterocycles. The Hall–Kier alpha value is -2.77. The number of nitrogens with one attached hydrogen (secondary N) is 1. The minimum Gasteiger partial charge on any atom is -0.371 e. The first-order valence-corrected chi connectivity index (χ1v) is 9.27. The van der Waals surface area contributed by atoms with E-state index in [0.29, 0.717) is 37.3 Å². The van der Waals surface area contributed by atoms with Crippen LogP contribution in [0.25, 0.3) is 11.2 Å². The molecule has 0 amide bonds. The zero-order valence-corrected chi connectivity index (χ0v) is 16.0. The molecule has 29 heavy (non-hydrogen) atoms. The molecule has 2 fully saturated rings. The third kappa shape index (κ3) is 3.41. The van der Waals surface area contributed by atoms with E-state index in [2.05, 4.69) is 15.1 Å². The summed E-state index contributed by atoms with van der Waals surface area (Å²) in [5.41, 5.74) is -0.0510. The van der Waals surface area contributed by atoms with E-state index in [4.69, 9.17) is 9.47 Å². The second-order valence-corrected chi connectivity index (χ2v) is 7.19. The normalized spacial score (nSPS) is 26.1. The Bertz CT molecular complexity index is 1040. The van der Waals surface area contributed by atoms with Crippen LogP contribution >= 0.6 is 0 Å². The number of imidazole rings is 1.